The van der Waals surface area contributed by atoms with Crippen molar-refractivity contribution < 1.29 is 19.0 Å². The second-order valence-electron chi connectivity index (χ2n) is 3.99. The van der Waals surface area contributed by atoms with Crippen LogP contribution in [0, 0.1) is 6.92 Å². The van der Waals surface area contributed by atoms with Gasteiger partial charge in [0.15, 0.2) is 0 Å². The number of hydrogen-bond donors (Lipinski definition) is 1. The molecule has 1 amide bonds. The number of carbonyl (C=O) groups excluding carboxylic acids is 1. The van der Waals surface area contributed by atoms with Crippen LogP contribution in [0.15, 0.2) is 24.3 Å². The molecule has 2 unspecified atom stereocenters. The Kier molecular flexibility index (Phi) is 5.61. The van der Waals surface area contributed by atoms with Gasteiger partial charge in [-0.1, -0.05) is 24.3 Å². The zero-order chi connectivity index (χ0) is 13.5. The standard InChI is InChI=1S/C13H19NO4/c1-9-6-4-5-7-11(9)12(17-8-16-3)10(2)18-13(14)15/h4-7,10,12H,8H2,1-3H3,(H2,14,15). The van der Waals surface area contributed by atoms with Crippen LogP contribution < -0.4 is 5.73 Å². The molecule has 0 aliphatic rings. The van der Waals surface area contributed by atoms with E-state index in [0.29, 0.717) is 0 Å². The second-order valence-corrected chi connectivity index (χ2v) is 3.99. The van der Waals surface area contributed by atoms with E-state index in [9.17, 15) is 4.79 Å². The minimum atomic E-state index is -0.817. The number of hydrogen-bond acceptors (Lipinski definition) is 4. The summed E-state index contributed by atoms with van der Waals surface area (Å²) in [7, 11) is 1.54. The molecule has 2 atom stereocenters. The van der Waals surface area contributed by atoms with Crippen molar-refractivity contribution in [3.05, 3.63) is 35.4 Å². The molecule has 0 saturated carbocycles. The molecule has 2 N–H and O–H groups in total. The van der Waals surface area contributed by atoms with E-state index in [-0.39, 0.29) is 6.79 Å². The fourth-order valence-corrected chi connectivity index (χ4v) is 1.77. The van der Waals surface area contributed by atoms with Crippen LogP contribution in [-0.4, -0.2) is 26.1 Å². The maximum Gasteiger partial charge on any atom is 0.404 e. The quantitative estimate of drug-likeness (QED) is 0.788. The Morgan fingerprint density at radius 2 is 2.06 bits per heavy atom. The van der Waals surface area contributed by atoms with Crippen molar-refractivity contribution in [2.75, 3.05) is 13.9 Å². The predicted octanol–water partition coefficient (Wildman–Crippen LogP) is 2.14. The normalized spacial score (nSPS) is 13.9. The van der Waals surface area contributed by atoms with E-state index < -0.39 is 18.3 Å². The van der Waals surface area contributed by atoms with E-state index in [1.807, 2.05) is 31.2 Å². The molecule has 1 aromatic rings. The van der Waals surface area contributed by atoms with Gasteiger partial charge < -0.3 is 19.9 Å². The lowest BCUT2D eigenvalue weighted by Gasteiger charge is -2.25. The summed E-state index contributed by atoms with van der Waals surface area (Å²) in [4.78, 5) is 10.8. The molecular weight excluding hydrogens is 234 g/mol. The molecule has 0 fully saturated rings. The van der Waals surface area contributed by atoms with Crippen molar-refractivity contribution in [2.45, 2.75) is 26.1 Å². The number of methoxy groups -OCH3 is 1. The molecule has 0 saturated heterocycles. The van der Waals surface area contributed by atoms with Crippen molar-refractivity contribution >= 4 is 6.09 Å². The summed E-state index contributed by atoms with van der Waals surface area (Å²) in [6.07, 6.45) is -1.71. The fourth-order valence-electron chi connectivity index (χ4n) is 1.77. The summed E-state index contributed by atoms with van der Waals surface area (Å²) in [6, 6.07) is 7.74. The average Bonchev–Trinajstić information content (AvgIpc) is 2.31. The maximum atomic E-state index is 10.8. The zero-order valence-corrected chi connectivity index (χ0v) is 10.9. The van der Waals surface area contributed by atoms with Crippen LogP contribution in [-0.2, 0) is 14.2 Å². The van der Waals surface area contributed by atoms with Gasteiger partial charge in [-0.05, 0) is 25.0 Å². The lowest BCUT2D eigenvalue weighted by Crippen LogP contribution is -2.28. The number of amides is 1. The molecule has 5 nitrogen and oxygen atoms in total. The van der Waals surface area contributed by atoms with Crippen LogP contribution in [0.4, 0.5) is 4.79 Å². The van der Waals surface area contributed by atoms with Gasteiger partial charge in [0.2, 0.25) is 0 Å². The van der Waals surface area contributed by atoms with Gasteiger partial charge in [0, 0.05) is 7.11 Å². The molecule has 0 spiro atoms. The average molecular weight is 253 g/mol. The molecule has 0 heterocycles. The first-order valence-corrected chi connectivity index (χ1v) is 5.68. The first kappa shape index (κ1) is 14.5. The van der Waals surface area contributed by atoms with Crippen molar-refractivity contribution in [1.82, 2.24) is 0 Å². The van der Waals surface area contributed by atoms with Crippen molar-refractivity contribution in [3.63, 3.8) is 0 Å². The Labute approximate surface area is 107 Å². The van der Waals surface area contributed by atoms with Gasteiger partial charge in [0.1, 0.15) is 19.0 Å². The first-order chi connectivity index (χ1) is 8.56. The number of benzene rings is 1. The number of aryl methyl sites for hydroxylation is 1. The van der Waals surface area contributed by atoms with Crippen molar-refractivity contribution in [3.8, 4) is 0 Å². The van der Waals surface area contributed by atoms with Gasteiger partial charge in [-0.2, -0.15) is 0 Å². The molecule has 0 radical (unpaired) electrons. The topological polar surface area (TPSA) is 70.8 Å². The largest absolute Gasteiger partial charge is 0.444 e. The van der Waals surface area contributed by atoms with E-state index >= 15 is 0 Å². The highest BCUT2D eigenvalue weighted by Crippen LogP contribution is 2.26. The molecule has 0 bridgehead atoms. The Bertz CT molecular complexity index is 394. The Morgan fingerprint density at radius 3 is 2.61 bits per heavy atom. The van der Waals surface area contributed by atoms with E-state index in [2.05, 4.69) is 0 Å². The summed E-state index contributed by atoms with van der Waals surface area (Å²) in [5.74, 6) is 0. The SMILES string of the molecule is COCOC(c1ccccc1C)C(C)OC(N)=O. The number of primary amides is 1. The van der Waals surface area contributed by atoms with Gasteiger partial charge >= 0.3 is 6.09 Å². The summed E-state index contributed by atoms with van der Waals surface area (Å²) in [5, 5.41) is 0. The third-order valence-corrected chi connectivity index (χ3v) is 2.59. The monoisotopic (exact) mass is 253 g/mol. The third kappa shape index (κ3) is 4.01. The molecule has 0 aromatic heterocycles. The van der Waals surface area contributed by atoms with Gasteiger partial charge in [-0.15, -0.1) is 0 Å². The van der Waals surface area contributed by atoms with Crippen LogP contribution in [0.25, 0.3) is 0 Å². The lowest BCUT2D eigenvalue weighted by molar-refractivity contribution is -0.111. The number of ether oxygens (including phenoxy) is 3. The van der Waals surface area contributed by atoms with Crippen LogP contribution in [0.2, 0.25) is 0 Å². The van der Waals surface area contributed by atoms with Crippen molar-refractivity contribution in [1.29, 1.82) is 0 Å². The van der Waals surface area contributed by atoms with E-state index in [0.717, 1.165) is 11.1 Å². The molecule has 1 aromatic carbocycles. The lowest BCUT2D eigenvalue weighted by atomic mass is 10.00. The second kappa shape index (κ2) is 6.98. The third-order valence-electron chi connectivity index (χ3n) is 2.59. The number of carbonyl (C=O) groups is 1. The number of nitrogens with two attached hydrogens (primary N) is 1. The minimum absolute atomic E-state index is 0.117. The highest BCUT2D eigenvalue weighted by molar-refractivity contribution is 5.64. The van der Waals surface area contributed by atoms with Gasteiger partial charge in [0.05, 0.1) is 0 Å². The minimum Gasteiger partial charge on any atom is -0.444 e. The maximum absolute atomic E-state index is 10.8. The molecule has 100 valence electrons. The summed E-state index contributed by atoms with van der Waals surface area (Å²) >= 11 is 0. The molecule has 1 rings (SSSR count). The van der Waals surface area contributed by atoms with Crippen LogP contribution in [0.1, 0.15) is 24.2 Å². The zero-order valence-electron chi connectivity index (χ0n) is 10.9. The molecule has 0 aliphatic heterocycles. The van der Waals surface area contributed by atoms with E-state index in [1.165, 1.54) is 7.11 Å². The highest BCUT2D eigenvalue weighted by atomic mass is 16.7. The van der Waals surface area contributed by atoms with Crippen LogP contribution >= 0.6 is 0 Å². The van der Waals surface area contributed by atoms with Crippen molar-refractivity contribution in [2.24, 2.45) is 5.73 Å². The van der Waals surface area contributed by atoms with Gasteiger partial charge in [-0.25, -0.2) is 4.79 Å². The Balaban J connectivity index is 2.90. The van der Waals surface area contributed by atoms with Gasteiger partial charge in [-0.3, -0.25) is 0 Å². The molecule has 5 heteroatoms. The molecular formula is C13H19NO4. The Hall–Kier alpha value is -1.59. The summed E-state index contributed by atoms with van der Waals surface area (Å²) in [5.41, 5.74) is 7.03. The molecule has 18 heavy (non-hydrogen) atoms. The fraction of sp³-hybridized carbons (Fsp3) is 0.462. The molecule has 0 aliphatic carbocycles. The van der Waals surface area contributed by atoms with Crippen LogP contribution in [0.3, 0.4) is 0 Å². The number of rotatable bonds is 6. The highest BCUT2D eigenvalue weighted by Gasteiger charge is 2.24. The van der Waals surface area contributed by atoms with E-state index in [4.69, 9.17) is 19.9 Å². The first-order valence-electron chi connectivity index (χ1n) is 5.68. The summed E-state index contributed by atoms with van der Waals surface area (Å²) < 4.78 is 15.4. The van der Waals surface area contributed by atoms with E-state index in [1.54, 1.807) is 6.92 Å². The van der Waals surface area contributed by atoms with Crippen LogP contribution in [0.5, 0.6) is 0 Å². The Morgan fingerprint density at radius 1 is 1.39 bits per heavy atom. The van der Waals surface area contributed by atoms with Gasteiger partial charge in [0.25, 0.3) is 0 Å². The smallest absolute Gasteiger partial charge is 0.404 e. The predicted molar refractivity (Wildman–Crippen MR) is 67.0 cm³/mol. The summed E-state index contributed by atoms with van der Waals surface area (Å²) in [6.45, 7) is 3.82.